The minimum absolute atomic E-state index is 0.0174. The van der Waals surface area contributed by atoms with Crippen molar-refractivity contribution in [3.05, 3.63) is 65.7 Å². The molecule has 1 N–H and O–H groups in total. The minimum atomic E-state index is -0.515. The molecule has 3 rings (SSSR count). The van der Waals surface area contributed by atoms with Gasteiger partial charge in [-0.2, -0.15) is 0 Å². The Morgan fingerprint density at radius 2 is 1.72 bits per heavy atom. The quantitative estimate of drug-likeness (QED) is 0.532. The topological polar surface area (TPSA) is 58.6 Å². The van der Waals surface area contributed by atoms with Crippen LogP contribution >= 0.6 is 0 Å². The number of benzene rings is 2. The van der Waals surface area contributed by atoms with E-state index in [2.05, 4.69) is 5.32 Å². The normalized spacial score (nSPS) is 15.1. The average molecular weight is 437 g/mol. The number of aryl methyl sites for hydroxylation is 1. The molecule has 32 heavy (non-hydrogen) atoms. The first-order chi connectivity index (χ1) is 15.5. The van der Waals surface area contributed by atoms with Gasteiger partial charge in [-0.25, -0.2) is 0 Å². The largest absolute Gasteiger partial charge is 0.494 e. The van der Waals surface area contributed by atoms with Gasteiger partial charge in [-0.15, -0.1) is 0 Å². The molecule has 5 heteroatoms. The Morgan fingerprint density at radius 1 is 1.03 bits per heavy atom. The van der Waals surface area contributed by atoms with Crippen molar-refractivity contribution in [1.29, 1.82) is 0 Å². The Hall–Kier alpha value is -2.82. The third-order valence-electron chi connectivity index (χ3n) is 6.27. The van der Waals surface area contributed by atoms with E-state index >= 15 is 0 Å². The molecule has 2 aromatic rings. The number of hydrogen-bond acceptors (Lipinski definition) is 3. The van der Waals surface area contributed by atoms with Crippen molar-refractivity contribution in [2.24, 2.45) is 0 Å². The summed E-state index contributed by atoms with van der Waals surface area (Å²) in [6, 6.07) is 17.4. The van der Waals surface area contributed by atoms with Crippen LogP contribution in [0.25, 0.3) is 0 Å². The van der Waals surface area contributed by atoms with Gasteiger partial charge in [-0.3, -0.25) is 9.59 Å². The molecule has 0 radical (unpaired) electrons. The van der Waals surface area contributed by atoms with Crippen molar-refractivity contribution in [3.63, 3.8) is 0 Å². The lowest BCUT2D eigenvalue weighted by atomic mass is 9.95. The predicted octanol–water partition coefficient (Wildman–Crippen LogP) is 5.02. The van der Waals surface area contributed by atoms with Crippen LogP contribution in [0.5, 0.6) is 5.75 Å². The van der Waals surface area contributed by atoms with Gasteiger partial charge in [-0.05, 0) is 56.4 Å². The number of nitrogens with zero attached hydrogens (tertiary/aromatic N) is 1. The maximum absolute atomic E-state index is 13.2. The van der Waals surface area contributed by atoms with E-state index in [0.29, 0.717) is 26.0 Å². The van der Waals surface area contributed by atoms with Crippen LogP contribution in [0.3, 0.4) is 0 Å². The molecule has 0 heterocycles. The van der Waals surface area contributed by atoms with Gasteiger partial charge in [0.1, 0.15) is 11.8 Å². The van der Waals surface area contributed by atoms with Crippen LogP contribution in [0.2, 0.25) is 0 Å². The molecule has 5 nitrogen and oxygen atoms in total. The SMILES string of the molecule is Cc1ccccc1CN(C(=O)CCCOc1ccccc1)[C@H](C)C(=O)NC1CCCCC1. The number of carbonyl (C=O) groups excluding carboxylic acids is 2. The van der Waals surface area contributed by atoms with Crippen molar-refractivity contribution < 1.29 is 14.3 Å². The second kappa shape index (κ2) is 12.3. The maximum atomic E-state index is 13.2. The molecule has 1 saturated carbocycles. The van der Waals surface area contributed by atoms with Crippen molar-refractivity contribution in [3.8, 4) is 5.75 Å². The van der Waals surface area contributed by atoms with Crippen LogP contribution in [0.15, 0.2) is 54.6 Å². The lowest BCUT2D eigenvalue weighted by Gasteiger charge is -2.31. The first-order valence-electron chi connectivity index (χ1n) is 11.9. The summed E-state index contributed by atoms with van der Waals surface area (Å²) in [6.07, 6.45) is 6.57. The summed E-state index contributed by atoms with van der Waals surface area (Å²) in [5, 5.41) is 3.19. The molecule has 1 fully saturated rings. The molecule has 2 amide bonds. The summed E-state index contributed by atoms with van der Waals surface area (Å²) in [6.45, 7) is 4.79. The van der Waals surface area contributed by atoms with E-state index in [1.807, 2.05) is 68.4 Å². The van der Waals surface area contributed by atoms with Gasteiger partial charge in [0.15, 0.2) is 0 Å². The van der Waals surface area contributed by atoms with Crippen molar-refractivity contribution >= 4 is 11.8 Å². The smallest absolute Gasteiger partial charge is 0.242 e. The number of amides is 2. The Kier molecular flexibility index (Phi) is 9.14. The fraction of sp³-hybridized carbons (Fsp3) is 0.481. The van der Waals surface area contributed by atoms with Crippen LogP contribution in [0, 0.1) is 6.92 Å². The lowest BCUT2D eigenvalue weighted by Crippen LogP contribution is -2.50. The highest BCUT2D eigenvalue weighted by Gasteiger charge is 2.28. The van der Waals surface area contributed by atoms with Crippen molar-refractivity contribution in [2.75, 3.05) is 6.61 Å². The lowest BCUT2D eigenvalue weighted by molar-refractivity contribution is -0.141. The summed E-state index contributed by atoms with van der Waals surface area (Å²) in [4.78, 5) is 27.9. The number of rotatable bonds is 10. The van der Waals surface area contributed by atoms with Gasteiger partial charge in [0.2, 0.25) is 11.8 Å². The van der Waals surface area contributed by atoms with E-state index in [4.69, 9.17) is 4.74 Å². The van der Waals surface area contributed by atoms with Crippen LogP contribution < -0.4 is 10.1 Å². The first kappa shape index (κ1) is 23.8. The second-order valence-electron chi connectivity index (χ2n) is 8.73. The van der Waals surface area contributed by atoms with Gasteiger partial charge in [0.25, 0.3) is 0 Å². The molecule has 0 spiro atoms. The number of nitrogens with one attached hydrogen (secondary N) is 1. The first-order valence-corrected chi connectivity index (χ1v) is 11.9. The zero-order chi connectivity index (χ0) is 22.8. The summed E-state index contributed by atoms with van der Waals surface area (Å²) in [5.41, 5.74) is 2.19. The highest BCUT2D eigenvalue weighted by molar-refractivity contribution is 5.87. The molecule has 2 aromatic carbocycles. The predicted molar refractivity (Wildman–Crippen MR) is 127 cm³/mol. The van der Waals surface area contributed by atoms with Gasteiger partial charge < -0.3 is 15.0 Å². The highest BCUT2D eigenvalue weighted by atomic mass is 16.5. The van der Waals surface area contributed by atoms with Crippen LogP contribution in [0.4, 0.5) is 0 Å². The number of ether oxygens (including phenoxy) is 1. The molecular formula is C27H36N2O3. The fourth-order valence-electron chi connectivity index (χ4n) is 4.20. The van der Waals surface area contributed by atoms with E-state index in [0.717, 1.165) is 42.6 Å². The molecule has 0 bridgehead atoms. The summed E-state index contributed by atoms with van der Waals surface area (Å²) < 4.78 is 5.73. The summed E-state index contributed by atoms with van der Waals surface area (Å²) in [5.74, 6) is 0.729. The number of para-hydroxylation sites is 1. The Bertz CT molecular complexity index is 862. The summed E-state index contributed by atoms with van der Waals surface area (Å²) in [7, 11) is 0. The average Bonchev–Trinajstić information content (AvgIpc) is 2.82. The molecule has 172 valence electrons. The van der Waals surface area contributed by atoms with E-state index in [9.17, 15) is 9.59 Å². The van der Waals surface area contributed by atoms with Gasteiger partial charge >= 0.3 is 0 Å². The van der Waals surface area contributed by atoms with Crippen LogP contribution in [0.1, 0.15) is 63.0 Å². The van der Waals surface area contributed by atoms with Crippen LogP contribution in [-0.4, -0.2) is 35.4 Å². The number of carbonyl (C=O) groups is 2. The minimum Gasteiger partial charge on any atom is -0.494 e. The van der Waals surface area contributed by atoms with Crippen LogP contribution in [-0.2, 0) is 16.1 Å². The number of hydrogen-bond donors (Lipinski definition) is 1. The summed E-state index contributed by atoms with van der Waals surface area (Å²) >= 11 is 0. The molecule has 0 saturated heterocycles. The third kappa shape index (κ3) is 7.11. The van der Waals surface area contributed by atoms with Gasteiger partial charge in [0.05, 0.1) is 6.61 Å². The molecule has 0 aliphatic heterocycles. The zero-order valence-electron chi connectivity index (χ0n) is 19.4. The Balaban J connectivity index is 1.61. The standard InChI is InChI=1S/C27H36N2O3/c1-21-12-9-10-13-23(21)20-29(22(2)27(31)28-24-14-5-3-6-15-24)26(30)18-11-19-32-25-16-7-4-8-17-25/h4,7-10,12-13,16-17,22,24H,3,5-6,11,14-15,18-20H2,1-2H3,(H,28,31)/t22-/m1/s1. The second-order valence-corrected chi connectivity index (χ2v) is 8.73. The van der Waals surface area contributed by atoms with E-state index < -0.39 is 6.04 Å². The molecule has 0 unspecified atom stereocenters. The fourth-order valence-corrected chi connectivity index (χ4v) is 4.20. The van der Waals surface area contributed by atoms with Crippen molar-refractivity contribution in [1.82, 2.24) is 10.2 Å². The zero-order valence-corrected chi connectivity index (χ0v) is 19.4. The van der Waals surface area contributed by atoms with Crippen molar-refractivity contribution in [2.45, 2.75) is 77.4 Å². The van der Waals surface area contributed by atoms with E-state index in [1.54, 1.807) is 4.90 Å². The van der Waals surface area contributed by atoms with Gasteiger partial charge in [-0.1, -0.05) is 61.7 Å². The molecular weight excluding hydrogens is 400 g/mol. The highest BCUT2D eigenvalue weighted by Crippen LogP contribution is 2.19. The monoisotopic (exact) mass is 436 g/mol. The molecule has 1 atom stereocenters. The Labute approximate surface area is 192 Å². The molecule has 0 aromatic heterocycles. The van der Waals surface area contributed by atoms with Gasteiger partial charge in [0, 0.05) is 19.0 Å². The van der Waals surface area contributed by atoms with E-state index in [-0.39, 0.29) is 17.9 Å². The maximum Gasteiger partial charge on any atom is 0.242 e. The third-order valence-corrected chi connectivity index (χ3v) is 6.27. The molecule has 1 aliphatic carbocycles. The van der Waals surface area contributed by atoms with E-state index in [1.165, 1.54) is 6.42 Å². The Morgan fingerprint density at radius 3 is 2.44 bits per heavy atom. The molecule has 1 aliphatic rings.